The van der Waals surface area contributed by atoms with E-state index in [9.17, 15) is 13.2 Å². The molecular weight excluding hydrogens is 348 g/mol. The van der Waals surface area contributed by atoms with Crippen molar-refractivity contribution >= 4 is 15.9 Å². The molecule has 2 aromatic carbocycles. The van der Waals surface area contributed by atoms with Crippen molar-refractivity contribution in [2.75, 3.05) is 0 Å². The fraction of sp³-hybridized carbons (Fsp3) is 0.350. The lowest BCUT2D eigenvalue weighted by molar-refractivity contribution is 0.0950. The van der Waals surface area contributed by atoms with Crippen LogP contribution in [-0.2, 0) is 16.6 Å². The van der Waals surface area contributed by atoms with Crippen LogP contribution in [0.15, 0.2) is 53.4 Å². The van der Waals surface area contributed by atoms with Gasteiger partial charge in [-0.3, -0.25) is 4.79 Å². The fourth-order valence-corrected chi connectivity index (χ4v) is 4.57. The highest BCUT2D eigenvalue weighted by molar-refractivity contribution is 7.89. The number of sulfonamides is 1. The van der Waals surface area contributed by atoms with Crippen LogP contribution in [0.25, 0.3) is 0 Å². The molecule has 0 aromatic heterocycles. The summed E-state index contributed by atoms with van der Waals surface area (Å²) in [4.78, 5) is 12.6. The summed E-state index contributed by atoms with van der Waals surface area (Å²) in [5.41, 5.74) is 2.48. The molecule has 138 valence electrons. The van der Waals surface area contributed by atoms with Crippen molar-refractivity contribution in [1.82, 2.24) is 10.0 Å². The molecule has 0 heterocycles. The van der Waals surface area contributed by atoms with Crippen LogP contribution in [0.3, 0.4) is 0 Å². The van der Waals surface area contributed by atoms with Gasteiger partial charge in [0.05, 0.1) is 4.90 Å². The molecule has 1 amide bonds. The van der Waals surface area contributed by atoms with Crippen LogP contribution >= 0.6 is 0 Å². The topological polar surface area (TPSA) is 75.3 Å². The van der Waals surface area contributed by atoms with Gasteiger partial charge in [-0.1, -0.05) is 43.2 Å². The normalized spacial score (nSPS) is 15.1. The summed E-state index contributed by atoms with van der Waals surface area (Å²) in [7, 11) is -3.60. The van der Waals surface area contributed by atoms with E-state index in [-0.39, 0.29) is 16.8 Å². The molecule has 0 radical (unpaired) electrons. The van der Waals surface area contributed by atoms with E-state index < -0.39 is 10.0 Å². The van der Waals surface area contributed by atoms with Gasteiger partial charge in [0, 0.05) is 18.2 Å². The Morgan fingerprint density at radius 3 is 2.54 bits per heavy atom. The van der Waals surface area contributed by atoms with Gasteiger partial charge in [-0.05, 0) is 49.1 Å². The van der Waals surface area contributed by atoms with Gasteiger partial charge in [-0.25, -0.2) is 13.1 Å². The fourth-order valence-electron chi connectivity index (χ4n) is 3.22. The van der Waals surface area contributed by atoms with E-state index >= 15 is 0 Å². The third-order valence-electron chi connectivity index (χ3n) is 4.78. The molecule has 1 saturated carbocycles. The molecule has 2 N–H and O–H groups in total. The second-order valence-electron chi connectivity index (χ2n) is 6.74. The minimum Gasteiger partial charge on any atom is -0.348 e. The van der Waals surface area contributed by atoms with Gasteiger partial charge in [-0.2, -0.15) is 0 Å². The van der Waals surface area contributed by atoms with E-state index in [4.69, 9.17) is 0 Å². The maximum atomic E-state index is 12.5. The zero-order valence-electron chi connectivity index (χ0n) is 14.9. The van der Waals surface area contributed by atoms with E-state index in [1.54, 1.807) is 12.1 Å². The number of hydrogen-bond donors (Lipinski definition) is 2. The molecule has 0 saturated heterocycles. The summed E-state index contributed by atoms with van der Waals surface area (Å²) in [6.45, 7) is 2.40. The van der Waals surface area contributed by atoms with Gasteiger partial charge in [-0.15, -0.1) is 0 Å². The first-order valence-electron chi connectivity index (χ1n) is 8.91. The minimum absolute atomic E-state index is 0.00135. The SMILES string of the molecule is Cc1ccccc1CNC(=O)c1cccc(S(=O)(=O)NC2CCCC2)c1. The summed E-state index contributed by atoms with van der Waals surface area (Å²) in [6, 6.07) is 14.0. The Labute approximate surface area is 154 Å². The van der Waals surface area contributed by atoms with E-state index in [1.165, 1.54) is 12.1 Å². The van der Waals surface area contributed by atoms with Gasteiger partial charge in [0.1, 0.15) is 0 Å². The Morgan fingerprint density at radius 2 is 1.81 bits per heavy atom. The maximum absolute atomic E-state index is 12.5. The largest absolute Gasteiger partial charge is 0.348 e. The number of nitrogens with one attached hydrogen (secondary N) is 2. The molecule has 0 atom stereocenters. The van der Waals surface area contributed by atoms with E-state index in [2.05, 4.69) is 10.0 Å². The quantitative estimate of drug-likeness (QED) is 0.818. The molecule has 0 unspecified atom stereocenters. The van der Waals surface area contributed by atoms with Crippen LogP contribution in [0.2, 0.25) is 0 Å². The van der Waals surface area contributed by atoms with Crippen molar-refractivity contribution in [1.29, 1.82) is 0 Å². The number of rotatable bonds is 6. The van der Waals surface area contributed by atoms with Crippen molar-refractivity contribution in [2.45, 2.75) is 50.1 Å². The second-order valence-corrected chi connectivity index (χ2v) is 8.45. The zero-order chi connectivity index (χ0) is 18.6. The summed E-state index contributed by atoms with van der Waals surface area (Å²) in [5.74, 6) is -0.286. The number of carbonyl (C=O) groups is 1. The minimum atomic E-state index is -3.60. The molecule has 1 aliphatic carbocycles. The summed E-state index contributed by atoms with van der Waals surface area (Å²) < 4.78 is 27.8. The zero-order valence-corrected chi connectivity index (χ0v) is 15.7. The van der Waals surface area contributed by atoms with Gasteiger partial charge in [0.15, 0.2) is 0 Å². The first-order valence-corrected chi connectivity index (χ1v) is 10.4. The Balaban J connectivity index is 1.70. The van der Waals surface area contributed by atoms with E-state index in [0.29, 0.717) is 12.1 Å². The highest BCUT2D eigenvalue weighted by atomic mass is 32.2. The van der Waals surface area contributed by atoms with Crippen LogP contribution in [0.5, 0.6) is 0 Å². The summed E-state index contributed by atoms with van der Waals surface area (Å²) in [6.07, 6.45) is 3.84. The van der Waals surface area contributed by atoms with Crippen LogP contribution < -0.4 is 10.0 Å². The first-order chi connectivity index (χ1) is 12.5. The van der Waals surface area contributed by atoms with Crippen molar-refractivity contribution in [3.63, 3.8) is 0 Å². The number of amides is 1. The molecule has 26 heavy (non-hydrogen) atoms. The van der Waals surface area contributed by atoms with Crippen molar-refractivity contribution in [3.8, 4) is 0 Å². The van der Waals surface area contributed by atoms with E-state index in [0.717, 1.165) is 36.8 Å². The molecule has 0 spiro atoms. The van der Waals surface area contributed by atoms with Crippen LogP contribution in [-0.4, -0.2) is 20.4 Å². The maximum Gasteiger partial charge on any atom is 0.251 e. The predicted octanol–water partition coefficient (Wildman–Crippen LogP) is 3.15. The van der Waals surface area contributed by atoms with Crippen LogP contribution in [0.4, 0.5) is 0 Å². The number of benzene rings is 2. The molecule has 3 rings (SSSR count). The predicted molar refractivity (Wildman–Crippen MR) is 101 cm³/mol. The smallest absolute Gasteiger partial charge is 0.251 e. The Hall–Kier alpha value is -2.18. The monoisotopic (exact) mass is 372 g/mol. The number of carbonyl (C=O) groups excluding carboxylic acids is 1. The second kappa shape index (κ2) is 8.01. The van der Waals surface area contributed by atoms with Crippen LogP contribution in [0.1, 0.15) is 47.2 Å². The molecule has 1 fully saturated rings. The van der Waals surface area contributed by atoms with Crippen molar-refractivity contribution in [2.24, 2.45) is 0 Å². The van der Waals surface area contributed by atoms with Crippen molar-refractivity contribution in [3.05, 3.63) is 65.2 Å². The lowest BCUT2D eigenvalue weighted by Gasteiger charge is -2.13. The molecule has 2 aromatic rings. The van der Waals surface area contributed by atoms with Crippen LogP contribution in [0, 0.1) is 6.92 Å². The van der Waals surface area contributed by atoms with Crippen molar-refractivity contribution < 1.29 is 13.2 Å². The molecule has 6 heteroatoms. The molecular formula is C20H24N2O3S. The van der Waals surface area contributed by atoms with E-state index in [1.807, 2.05) is 31.2 Å². The molecule has 1 aliphatic rings. The third-order valence-corrected chi connectivity index (χ3v) is 6.30. The average molecular weight is 372 g/mol. The average Bonchev–Trinajstić information content (AvgIpc) is 3.13. The summed E-state index contributed by atoms with van der Waals surface area (Å²) >= 11 is 0. The summed E-state index contributed by atoms with van der Waals surface area (Å²) in [5, 5.41) is 2.85. The highest BCUT2D eigenvalue weighted by Crippen LogP contribution is 2.21. The van der Waals surface area contributed by atoms with Gasteiger partial charge in [0.2, 0.25) is 10.0 Å². The third kappa shape index (κ3) is 4.51. The Kier molecular flexibility index (Phi) is 5.74. The highest BCUT2D eigenvalue weighted by Gasteiger charge is 2.23. The molecule has 0 bridgehead atoms. The first kappa shape index (κ1) is 18.6. The Bertz CT molecular complexity index is 887. The number of hydrogen-bond acceptors (Lipinski definition) is 3. The Morgan fingerprint density at radius 1 is 1.08 bits per heavy atom. The lowest BCUT2D eigenvalue weighted by atomic mass is 10.1. The van der Waals surface area contributed by atoms with Gasteiger partial charge in [0.25, 0.3) is 5.91 Å². The standard InChI is InChI=1S/C20H24N2O3S/c1-15-7-2-3-8-17(15)14-21-20(23)16-9-6-12-19(13-16)26(24,25)22-18-10-4-5-11-18/h2-3,6-9,12-13,18,22H,4-5,10-11,14H2,1H3,(H,21,23). The molecule has 5 nitrogen and oxygen atoms in total. The van der Waals surface area contributed by atoms with Gasteiger partial charge < -0.3 is 5.32 Å². The van der Waals surface area contributed by atoms with Gasteiger partial charge >= 0.3 is 0 Å². The lowest BCUT2D eigenvalue weighted by Crippen LogP contribution is -2.32. The number of aryl methyl sites for hydroxylation is 1. The molecule has 0 aliphatic heterocycles.